The van der Waals surface area contributed by atoms with Crippen LogP contribution in [0.1, 0.15) is 43.8 Å². The molecule has 5 heterocycles. The summed E-state index contributed by atoms with van der Waals surface area (Å²) in [4.78, 5) is 19.2. The molecule has 11 heteroatoms. The van der Waals surface area contributed by atoms with Crippen molar-refractivity contribution in [3.05, 3.63) is 40.7 Å². The number of ether oxygens (including phenoxy) is 1. The van der Waals surface area contributed by atoms with Crippen molar-refractivity contribution in [2.75, 3.05) is 50.8 Å². The van der Waals surface area contributed by atoms with Crippen LogP contribution in [0, 0.1) is 12.3 Å². The summed E-state index contributed by atoms with van der Waals surface area (Å²) in [6.45, 7) is 12.0. The minimum Gasteiger partial charge on any atom is -0.378 e. The second kappa shape index (κ2) is 9.20. The maximum absolute atomic E-state index is 12.1. The monoisotopic (exact) mass is 595 g/mol. The van der Waals surface area contributed by atoms with Crippen LogP contribution in [0.3, 0.4) is 0 Å². The lowest BCUT2D eigenvalue weighted by Gasteiger charge is -2.59. The van der Waals surface area contributed by atoms with Gasteiger partial charge in [0.15, 0.2) is 5.82 Å². The largest absolute Gasteiger partial charge is 0.378 e. The van der Waals surface area contributed by atoms with Crippen molar-refractivity contribution in [2.24, 2.45) is 5.41 Å². The van der Waals surface area contributed by atoms with Crippen LogP contribution in [0.15, 0.2) is 24.9 Å². The van der Waals surface area contributed by atoms with Crippen molar-refractivity contribution in [2.45, 2.75) is 56.7 Å². The zero-order valence-electron chi connectivity index (χ0n) is 23.3. The van der Waals surface area contributed by atoms with Crippen molar-refractivity contribution in [1.82, 2.24) is 29.8 Å². The molecule has 9 nitrogen and oxygen atoms in total. The summed E-state index contributed by atoms with van der Waals surface area (Å²) in [6.07, 6.45) is 8.84. The number of hydrogen-bond acceptors (Lipinski definition) is 6. The Balaban J connectivity index is 1.20. The summed E-state index contributed by atoms with van der Waals surface area (Å²) in [5, 5.41) is 14.9. The van der Waals surface area contributed by atoms with E-state index in [1.807, 2.05) is 17.2 Å². The standard InChI is InChI=1S/C30H35Cl2N7O2/c1-3-24(40)37-15-29(16-37)10-19(11-29)39-18(2)25(26-21-12-33-34-23(21)9-22(31)27(26)32)28(35-39)38-8-7-36(20-13-41-14-20)17-30(38)5-4-6-30/h3,9,12,19-20H,1,4-8,10-11,13-17H2,2H3,(H,33,34). The molecule has 3 saturated heterocycles. The summed E-state index contributed by atoms with van der Waals surface area (Å²) >= 11 is 13.7. The van der Waals surface area contributed by atoms with Crippen molar-refractivity contribution in [3.63, 3.8) is 0 Å². The zero-order chi connectivity index (χ0) is 28.1. The zero-order valence-corrected chi connectivity index (χ0v) is 24.8. The van der Waals surface area contributed by atoms with Crippen molar-refractivity contribution >= 4 is 45.8 Å². The number of fused-ring (bicyclic) bond motifs is 1. The predicted octanol–water partition coefficient (Wildman–Crippen LogP) is 4.83. The quantitative estimate of drug-likeness (QED) is 0.425. The molecule has 216 valence electrons. The van der Waals surface area contributed by atoms with Gasteiger partial charge in [-0.05, 0) is 51.2 Å². The molecule has 3 aromatic rings. The Morgan fingerprint density at radius 1 is 1.15 bits per heavy atom. The van der Waals surface area contributed by atoms with Gasteiger partial charge in [0.25, 0.3) is 0 Å². The smallest absolute Gasteiger partial charge is 0.245 e. The molecule has 3 aliphatic heterocycles. The molecule has 2 aliphatic carbocycles. The topological polar surface area (TPSA) is 82.5 Å². The van der Waals surface area contributed by atoms with Crippen LogP contribution < -0.4 is 4.90 Å². The fraction of sp³-hybridized carbons (Fsp3) is 0.567. The molecule has 2 aromatic heterocycles. The molecule has 0 unspecified atom stereocenters. The molecule has 2 saturated carbocycles. The minimum absolute atomic E-state index is 0.0250. The third-order valence-electron chi connectivity index (χ3n) is 10.6. The Kier molecular flexibility index (Phi) is 5.85. The summed E-state index contributed by atoms with van der Waals surface area (Å²) in [5.74, 6) is 1.04. The van der Waals surface area contributed by atoms with Crippen molar-refractivity contribution in [1.29, 1.82) is 0 Å². The highest BCUT2D eigenvalue weighted by Crippen LogP contribution is 2.56. The fourth-order valence-corrected chi connectivity index (χ4v) is 8.59. The first-order valence-electron chi connectivity index (χ1n) is 14.7. The van der Waals surface area contributed by atoms with Crippen LogP contribution in [0.2, 0.25) is 10.0 Å². The van der Waals surface area contributed by atoms with Gasteiger partial charge in [-0.1, -0.05) is 29.8 Å². The van der Waals surface area contributed by atoms with Gasteiger partial charge in [-0.25, -0.2) is 0 Å². The number of hydrogen-bond donors (Lipinski definition) is 1. The van der Waals surface area contributed by atoms with E-state index in [0.717, 1.165) is 105 Å². The van der Waals surface area contributed by atoms with E-state index in [1.54, 1.807) is 0 Å². The number of carbonyl (C=O) groups excluding carboxylic acids is 1. The number of carbonyl (C=O) groups is 1. The van der Waals surface area contributed by atoms with Gasteiger partial charge >= 0.3 is 0 Å². The predicted molar refractivity (Wildman–Crippen MR) is 160 cm³/mol. The Labute approximate surface area is 249 Å². The molecule has 8 rings (SSSR count). The summed E-state index contributed by atoms with van der Waals surface area (Å²) in [7, 11) is 0. The first kappa shape index (κ1) is 26.1. The van der Waals surface area contributed by atoms with Crippen molar-refractivity contribution in [3.8, 4) is 11.1 Å². The number of nitrogens with one attached hydrogen (secondary N) is 1. The fourth-order valence-electron chi connectivity index (χ4n) is 8.13. The highest BCUT2D eigenvalue weighted by atomic mass is 35.5. The molecule has 41 heavy (non-hydrogen) atoms. The average molecular weight is 597 g/mol. The molecule has 2 spiro atoms. The Morgan fingerprint density at radius 3 is 2.59 bits per heavy atom. The van der Waals surface area contributed by atoms with Crippen molar-refractivity contribution < 1.29 is 9.53 Å². The van der Waals surface area contributed by atoms with E-state index in [9.17, 15) is 4.79 Å². The molecule has 5 aliphatic rings. The molecule has 1 N–H and O–H groups in total. The number of aromatic nitrogens is 4. The van der Waals surface area contributed by atoms with E-state index in [4.69, 9.17) is 33.0 Å². The third-order valence-corrected chi connectivity index (χ3v) is 11.4. The van der Waals surface area contributed by atoms with Gasteiger partial charge in [0.1, 0.15) is 0 Å². The number of likely N-dealkylation sites (tertiary alicyclic amines) is 1. The van der Waals surface area contributed by atoms with Gasteiger partial charge in [0, 0.05) is 60.3 Å². The Hall–Kier alpha value is -2.59. The maximum atomic E-state index is 12.1. The van der Waals surface area contributed by atoms with Gasteiger partial charge < -0.3 is 14.5 Å². The lowest BCUT2D eigenvalue weighted by Crippen LogP contribution is -2.69. The molecule has 5 fully saturated rings. The second-order valence-electron chi connectivity index (χ2n) is 13.0. The third kappa shape index (κ3) is 3.78. The van der Waals surface area contributed by atoms with Gasteiger partial charge in [0.2, 0.25) is 5.91 Å². The van der Waals surface area contributed by atoms with E-state index in [1.165, 1.54) is 12.5 Å². The molecule has 0 radical (unpaired) electrons. The number of aromatic amines is 1. The van der Waals surface area contributed by atoms with E-state index >= 15 is 0 Å². The Morgan fingerprint density at radius 2 is 1.93 bits per heavy atom. The van der Waals surface area contributed by atoms with Crippen LogP contribution >= 0.6 is 23.2 Å². The van der Waals surface area contributed by atoms with Gasteiger partial charge in [-0.15, -0.1) is 0 Å². The summed E-state index contributed by atoms with van der Waals surface area (Å²) in [5.41, 5.74) is 4.20. The number of rotatable bonds is 5. The lowest BCUT2D eigenvalue weighted by molar-refractivity contribution is -0.149. The SMILES string of the molecule is C=CC(=O)N1CC2(CC(n3nc(N4CCN(C5COC5)CC45CCC5)c(-c4c(Cl)c(Cl)cc5[nH]ncc45)c3C)C2)C1. The molecular formula is C30H35Cl2N7O2. The highest BCUT2D eigenvalue weighted by molar-refractivity contribution is 6.45. The number of H-pyrrole nitrogens is 1. The summed E-state index contributed by atoms with van der Waals surface area (Å²) in [6, 6.07) is 2.67. The van der Waals surface area contributed by atoms with E-state index in [0.29, 0.717) is 16.1 Å². The average Bonchev–Trinajstić information content (AvgIpc) is 3.45. The molecule has 1 aromatic carbocycles. The number of halogens is 2. The van der Waals surface area contributed by atoms with Crippen LogP contribution in [0.4, 0.5) is 5.82 Å². The molecular weight excluding hydrogens is 561 g/mol. The molecule has 0 bridgehead atoms. The second-order valence-corrected chi connectivity index (χ2v) is 13.7. The molecule has 1 amide bonds. The van der Waals surface area contributed by atoms with Gasteiger partial charge in [-0.3, -0.25) is 19.5 Å². The highest BCUT2D eigenvalue weighted by Gasteiger charge is 2.55. The number of benzene rings is 1. The van der Waals surface area contributed by atoms with E-state index in [2.05, 4.69) is 38.2 Å². The van der Waals surface area contributed by atoms with E-state index < -0.39 is 0 Å². The number of amides is 1. The van der Waals surface area contributed by atoms with E-state index in [-0.39, 0.29) is 22.9 Å². The van der Waals surface area contributed by atoms with Gasteiger partial charge in [0.05, 0.1) is 52.6 Å². The lowest BCUT2D eigenvalue weighted by atomic mass is 9.60. The maximum Gasteiger partial charge on any atom is 0.245 e. The molecule has 0 atom stereocenters. The number of anilines is 1. The van der Waals surface area contributed by atoms with Crippen LogP contribution in [-0.2, 0) is 9.53 Å². The van der Waals surface area contributed by atoms with Crippen LogP contribution in [0.25, 0.3) is 22.0 Å². The van der Waals surface area contributed by atoms with Crippen LogP contribution in [0.5, 0.6) is 0 Å². The Bertz CT molecular complexity index is 1560. The first-order chi connectivity index (χ1) is 19.8. The summed E-state index contributed by atoms with van der Waals surface area (Å²) < 4.78 is 7.79. The van der Waals surface area contributed by atoms with Gasteiger partial charge in [-0.2, -0.15) is 10.2 Å². The number of piperazine rings is 1. The van der Waals surface area contributed by atoms with Crippen LogP contribution in [-0.4, -0.2) is 93.2 Å². The number of nitrogens with zero attached hydrogens (tertiary/aromatic N) is 6. The minimum atomic E-state index is 0.0250. The first-order valence-corrected chi connectivity index (χ1v) is 15.5. The normalized spacial score (nSPS) is 23.9.